The van der Waals surface area contributed by atoms with E-state index in [2.05, 4.69) is 4.99 Å². The van der Waals surface area contributed by atoms with Crippen molar-refractivity contribution in [2.24, 2.45) is 4.99 Å². The summed E-state index contributed by atoms with van der Waals surface area (Å²) in [6.07, 6.45) is 16.2. The first-order chi connectivity index (χ1) is 10.3. The van der Waals surface area contributed by atoms with E-state index in [4.69, 9.17) is 5.21 Å². The standard InChI is InChI=1S/C16H30N2O3/c19-15-17-14-12-10-8-6-4-2-1-3-5-7-9-11-13-16(20)18-21/h21H,1-14H2,(H,18,20). The van der Waals surface area contributed by atoms with Crippen LogP contribution in [0.3, 0.4) is 0 Å². The van der Waals surface area contributed by atoms with Gasteiger partial charge in [0.15, 0.2) is 0 Å². The minimum Gasteiger partial charge on any atom is -0.289 e. The first-order valence-electron chi connectivity index (χ1n) is 8.28. The Labute approximate surface area is 128 Å². The Morgan fingerprint density at radius 3 is 1.67 bits per heavy atom. The van der Waals surface area contributed by atoms with Gasteiger partial charge in [0, 0.05) is 6.42 Å². The van der Waals surface area contributed by atoms with Gasteiger partial charge in [0.05, 0.1) is 6.54 Å². The highest BCUT2D eigenvalue weighted by molar-refractivity contribution is 5.74. The van der Waals surface area contributed by atoms with Crippen LogP contribution in [0.5, 0.6) is 0 Å². The summed E-state index contributed by atoms with van der Waals surface area (Å²) in [5.74, 6) is -0.284. The molecule has 0 atom stereocenters. The molecule has 0 aliphatic heterocycles. The van der Waals surface area contributed by atoms with Crippen LogP contribution >= 0.6 is 0 Å². The van der Waals surface area contributed by atoms with Gasteiger partial charge >= 0.3 is 0 Å². The monoisotopic (exact) mass is 298 g/mol. The number of carbonyl (C=O) groups is 1. The van der Waals surface area contributed by atoms with Gasteiger partial charge in [-0.15, -0.1) is 0 Å². The molecule has 122 valence electrons. The van der Waals surface area contributed by atoms with Gasteiger partial charge in [-0.2, -0.15) is 0 Å². The highest BCUT2D eigenvalue weighted by Gasteiger charge is 1.98. The Hall–Kier alpha value is -1.19. The van der Waals surface area contributed by atoms with Crippen LogP contribution in [0, 0.1) is 0 Å². The number of hydroxylamine groups is 1. The molecule has 0 radical (unpaired) electrons. The van der Waals surface area contributed by atoms with Gasteiger partial charge in [-0.05, 0) is 12.8 Å². The molecular weight excluding hydrogens is 268 g/mol. The predicted molar refractivity (Wildman–Crippen MR) is 82.9 cm³/mol. The lowest BCUT2D eigenvalue weighted by Crippen LogP contribution is -2.17. The van der Waals surface area contributed by atoms with Crippen molar-refractivity contribution in [3.05, 3.63) is 0 Å². The molecule has 0 rings (SSSR count). The van der Waals surface area contributed by atoms with Crippen molar-refractivity contribution in [1.82, 2.24) is 5.48 Å². The first-order valence-corrected chi connectivity index (χ1v) is 8.28. The molecule has 0 unspecified atom stereocenters. The Balaban J connectivity index is 3.02. The molecule has 0 heterocycles. The Morgan fingerprint density at radius 2 is 1.24 bits per heavy atom. The SMILES string of the molecule is O=C=NCCCCCCCCCCCCCCC(=O)NO. The molecule has 0 aromatic heterocycles. The van der Waals surface area contributed by atoms with E-state index in [-0.39, 0.29) is 5.91 Å². The minimum absolute atomic E-state index is 0.284. The molecule has 0 bridgehead atoms. The molecule has 0 fully saturated rings. The summed E-state index contributed by atoms with van der Waals surface area (Å²) >= 11 is 0. The summed E-state index contributed by atoms with van der Waals surface area (Å²) in [5, 5.41) is 8.33. The van der Waals surface area contributed by atoms with Crippen molar-refractivity contribution in [2.45, 2.75) is 83.5 Å². The summed E-state index contributed by atoms with van der Waals surface area (Å²) < 4.78 is 0. The third kappa shape index (κ3) is 16.8. The zero-order valence-electron chi connectivity index (χ0n) is 13.1. The molecule has 0 aliphatic carbocycles. The van der Waals surface area contributed by atoms with E-state index >= 15 is 0 Å². The normalized spacial score (nSPS) is 10.1. The Morgan fingerprint density at radius 1 is 0.810 bits per heavy atom. The number of carbonyl (C=O) groups excluding carboxylic acids is 2. The number of aliphatic imine (C=N–C) groups is 1. The summed E-state index contributed by atoms with van der Waals surface area (Å²) in [5.41, 5.74) is 1.65. The fourth-order valence-corrected chi connectivity index (χ4v) is 2.35. The minimum atomic E-state index is -0.284. The van der Waals surface area contributed by atoms with Crippen LogP contribution in [0.4, 0.5) is 0 Å². The zero-order chi connectivity index (χ0) is 15.6. The van der Waals surface area contributed by atoms with Gasteiger partial charge in [0.25, 0.3) is 0 Å². The van der Waals surface area contributed by atoms with Crippen molar-refractivity contribution >= 4 is 12.0 Å². The maximum atomic E-state index is 10.8. The quantitative estimate of drug-likeness (QED) is 0.158. The average molecular weight is 298 g/mol. The smallest absolute Gasteiger partial charge is 0.243 e. The van der Waals surface area contributed by atoms with Crippen molar-refractivity contribution in [3.8, 4) is 0 Å². The van der Waals surface area contributed by atoms with Crippen LogP contribution in [-0.2, 0) is 9.59 Å². The maximum Gasteiger partial charge on any atom is 0.243 e. The maximum absolute atomic E-state index is 10.8. The fraction of sp³-hybridized carbons (Fsp3) is 0.875. The molecule has 5 nitrogen and oxygen atoms in total. The van der Waals surface area contributed by atoms with Gasteiger partial charge in [-0.1, -0.05) is 64.2 Å². The lowest BCUT2D eigenvalue weighted by atomic mass is 10.0. The van der Waals surface area contributed by atoms with Crippen LogP contribution in [0.25, 0.3) is 0 Å². The van der Waals surface area contributed by atoms with Crippen LogP contribution in [-0.4, -0.2) is 23.7 Å². The molecule has 0 saturated carbocycles. The second-order valence-corrected chi connectivity index (χ2v) is 5.50. The molecule has 0 saturated heterocycles. The van der Waals surface area contributed by atoms with Crippen molar-refractivity contribution < 1.29 is 14.8 Å². The highest BCUT2D eigenvalue weighted by Crippen LogP contribution is 2.12. The van der Waals surface area contributed by atoms with Crippen LogP contribution in [0.1, 0.15) is 83.5 Å². The number of rotatable bonds is 15. The molecule has 2 N–H and O–H groups in total. The van der Waals surface area contributed by atoms with E-state index in [0.717, 1.165) is 25.7 Å². The number of isocyanates is 1. The lowest BCUT2D eigenvalue weighted by Gasteiger charge is -2.02. The van der Waals surface area contributed by atoms with Crippen molar-refractivity contribution in [2.75, 3.05) is 6.54 Å². The van der Waals surface area contributed by atoms with E-state index in [0.29, 0.717) is 13.0 Å². The third-order valence-corrected chi connectivity index (χ3v) is 3.61. The van der Waals surface area contributed by atoms with Gasteiger partial charge in [-0.3, -0.25) is 10.0 Å². The number of amides is 1. The summed E-state index contributed by atoms with van der Waals surface area (Å²) in [6, 6.07) is 0. The number of hydrogen-bond donors (Lipinski definition) is 2. The van der Waals surface area contributed by atoms with Gasteiger partial charge in [0.2, 0.25) is 12.0 Å². The van der Waals surface area contributed by atoms with E-state index in [1.165, 1.54) is 51.4 Å². The first kappa shape index (κ1) is 19.8. The number of nitrogens with one attached hydrogen (secondary N) is 1. The average Bonchev–Trinajstić information content (AvgIpc) is 2.50. The number of unbranched alkanes of at least 4 members (excludes halogenated alkanes) is 11. The Bertz CT molecular complexity index is 289. The second kappa shape index (κ2) is 16.9. The summed E-state index contributed by atoms with van der Waals surface area (Å²) in [7, 11) is 0. The summed E-state index contributed by atoms with van der Waals surface area (Å²) in [6.45, 7) is 0.628. The topological polar surface area (TPSA) is 78.8 Å². The molecule has 5 heteroatoms. The van der Waals surface area contributed by atoms with Crippen molar-refractivity contribution in [1.29, 1.82) is 0 Å². The number of nitrogens with zero attached hydrogens (tertiary/aromatic N) is 1. The fourth-order valence-electron chi connectivity index (χ4n) is 2.35. The largest absolute Gasteiger partial charge is 0.289 e. The van der Waals surface area contributed by atoms with Crippen LogP contribution in [0.15, 0.2) is 4.99 Å². The third-order valence-electron chi connectivity index (χ3n) is 3.61. The van der Waals surface area contributed by atoms with E-state index in [1.807, 2.05) is 0 Å². The van der Waals surface area contributed by atoms with Crippen molar-refractivity contribution in [3.63, 3.8) is 0 Å². The van der Waals surface area contributed by atoms with E-state index in [9.17, 15) is 9.59 Å². The van der Waals surface area contributed by atoms with Crippen LogP contribution in [0.2, 0.25) is 0 Å². The second-order valence-electron chi connectivity index (χ2n) is 5.50. The highest BCUT2D eigenvalue weighted by atomic mass is 16.5. The van der Waals surface area contributed by atoms with E-state index < -0.39 is 0 Å². The molecule has 0 aliphatic rings. The Kier molecular flexibility index (Phi) is 15.9. The molecule has 0 aromatic rings. The number of hydrogen-bond acceptors (Lipinski definition) is 4. The summed E-state index contributed by atoms with van der Waals surface area (Å²) in [4.78, 5) is 24.1. The van der Waals surface area contributed by atoms with E-state index in [1.54, 1.807) is 11.6 Å². The molecule has 21 heavy (non-hydrogen) atoms. The molecule has 0 spiro atoms. The van der Waals surface area contributed by atoms with Crippen LogP contribution < -0.4 is 5.48 Å². The lowest BCUT2D eigenvalue weighted by molar-refractivity contribution is -0.129. The molecule has 0 aromatic carbocycles. The molecule has 1 amide bonds. The molecular formula is C16H30N2O3. The van der Waals surface area contributed by atoms with Gasteiger partial charge in [-0.25, -0.2) is 15.3 Å². The van der Waals surface area contributed by atoms with Gasteiger partial charge in [0.1, 0.15) is 0 Å². The predicted octanol–water partition coefficient (Wildman–Crippen LogP) is 3.90. The zero-order valence-corrected chi connectivity index (χ0v) is 13.1. The van der Waals surface area contributed by atoms with Gasteiger partial charge < -0.3 is 0 Å².